The summed E-state index contributed by atoms with van der Waals surface area (Å²) in [6, 6.07) is 65.8. The van der Waals surface area contributed by atoms with Crippen molar-refractivity contribution in [1.29, 1.82) is 0 Å². The van der Waals surface area contributed by atoms with E-state index in [1.807, 2.05) is 12.1 Å². The fraction of sp³-hybridized carbons (Fsp3) is 0.113. The Morgan fingerprint density at radius 1 is 0.682 bits per heavy atom. The Bertz CT molecular complexity index is 3380. The van der Waals surface area contributed by atoms with Crippen molar-refractivity contribution in [1.82, 2.24) is 9.88 Å². The van der Waals surface area contributed by atoms with Crippen molar-refractivity contribution in [2.45, 2.75) is 39.7 Å². The lowest BCUT2D eigenvalue weighted by Gasteiger charge is -2.42. The lowest BCUT2D eigenvalue weighted by atomic mass is 9.73. The highest BCUT2D eigenvalue weighted by atomic mass is 15.2. The molecule has 0 saturated heterocycles. The molecule has 0 radical (unpaired) electrons. The lowest BCUT2D eigenvalue weighted by Crippen LogP contribution is -2.30. The predicted molar refractivity (Wildman–Crippen MR) is 283 cm³/mol. The molecule has 4 nitrogen and oxygen atoms in total. The molecule has 322 valence electrons. The van der Waals surface area contributed by atoms with Gasteiger partial charge in [-0.05, 0) is 106 Å². The van der Waals surface area contributed by atoms with Crippen LogP contribution in [0.25, 0.3) is 55.5 Å². The number of hydrogen-bond donors (Lipinski definition) is 1. The normalized spacial score (nSPS) is 14.3. The molecule has 66 heavy (non-hydrogen) atoms. The Kier molecular flexibility index (Phi) is 11.4. The van der Waals surface area contributed by atoms with Crippen molar-refractivity contribution in [3.8, 4) is 11.1 Å². The van der Waals surface area contributed by atoms with Gasteiger partial charge in [-0.2, -0.15) is 0 Å². The first kappa shape index (κ1) is 42.0. The number of aromatic nitrogens is 1. The van der Waals surface area contributed by atoms with Crippen LogP contribution < -0.4 is 10.2 Å². The molecule has 0 amide bonds. The molecule has 9 aromatic rings. The molecule has 0 aliphatic carbocycles. The summed E-state index contributed by atoms with van der Waals surface area (Å²) in [4.78, 5) is 7.79. The van der Waals surface area contributed by atoms with Crippen molar-refractivity contribution >= 4 is 72.9 Å². The molecular weight excluding hydrogens is 801 g/mol. The van der Waals surface area contributed by atoms with Gasteiger partial charge >= 0.3 is 0 Å². The van der Waals surface area contributed by atoms with Crippen LogP contribution in [-0.4, -0.2) is 10.4 Å². The molecule has 1 aliphatic rings. The van der Waals surface area contributed by atoms with Crippen LogP contribution in [0.2, 0.25) is 0 Å². The smallest absolute Gasteiger partial charge is 0.109 e. The topological polar surface area (TPSA) is 32.6 Å². The highest BCUT2D eigenvalue weighted by Gasteiger charge is 2.37. The zero-order chi connectivity index (χ0) is 45.2. The van der Waals surface area contributed by atoms with E-state index in [9.17, 15) is 0 Å². The van der Waals surface area contributed by atoms with Crippen LogP contribution in [0.3, 0.4) is 0 Å². The third-order valence-corrected chi connectivity index (χ3v) is 13.1. The SMILES string of the molecule is C=C/C=C\c1ccccc1/N=C(\NCc1ccccc1)C(C)/C=C(\C=C/C)n1c2ccc(-c3ccc4c(c3)N(c3ccccc3)c3ccccc3C4(C)C)cc2c2c3ccccc3ccc21. The second-order valence-corrected chi connectivity index (χ2v) is 17.7. The van der Waals surface area contributed by atoms with Gasteiger partial charge in [0, 0.05) is 45.6 Å². The maximum Gasteiger partial charge on any atom is 0.109 e. The Labute approximate surface area is 388 Å². The maximum absolute atomic E-state index is 5.35. The molecule has 0 saturated carbocycles. The van der Waals surface area contributed by atoms with E-state index < -0.39 is 0 Å². The number of nitrogens with one attached hydrogen (secondary N) is 1. The minimum atomic E-state index is -0.174. The molecule has 0 fully saturated rings. The minimum absolute atomic E-state index is 0.0824. The number of hydrogen-bond acceptors (Lipinski definition) is 2. The van der Waals surface area contributed by atoms with Crippen LogP contribution in [0, 0.1) is 5.92 Å². The molecule has 1 aliphatic heterocycles. The second kappa shape index (κ2) is 17.9. The summed E-state index contributed by atoms with van der Waals surface area (Å²) in [7, 11) is 0. The molecule has 2 heterocycles. The summed E-state index contributed by atoms with van der Waals surface area (Å²) in [6.07, 6.45) is 12.5. The third kappa shape index (κ3) is 7.75. The fourth-order valence-electron chi connectivity index (χ4n) is 9.83. The summed E-state index contributed by atoms with van der Waals surface area (Å²) in [5.41, 5.74) is 14.9. The van der Waals surface area contributed by atoms with Gasteiger partial charge in [0.15, 0.2) is 0 Å². The van der Waals surface area contributed by atoms with Crippen LogP contribution in [-0.2, 0) is 12.0 Å². The van der Waals surface area contributed by atoms with Gasteiger partial charge in [-0.1, -0.05) is 185 Å². The van der Waals surface area contributed by atoms with Crippen LogP contribution >= 0.6 is 0 Å². The first-order chi connectivity index (χ1) is 32.3. The van der Waals surface area contributed by atoms with E-state index in [0.717, 1.165) is 39.5 Å². The molecule has 4 heteroatoms. The number of rotatable bonds is 11. The molecule has 1 N–H and O–H groups in total. The number of aliphatic imine (C=N–C) groups is 1. The molecule has 1 aromatic heterocycles. The standard InChI is InChI=1S/C62H54N4/c1-6-8-24-46-26-16-19-31-55(46)64-61(63-42-44-22-11-9-12-23-44)43(3)39-50(21-7-2)66-56-37-35-47(40-52(56)60-51-29-17-15-25-45(51)34-38-58(60)66)48-33-36-54-59(41-48)65(49-27-13-10-14-28-49)57-32-20-18-30-53(57)62(54,4)5/h6-41,43H,1,42H2,2-5H3,(H,63,64)/b21-7-,24-8-,50-39+. The summed E-state index contributed by atoms with van der Waals surface area (Å²) < 4.78 is 2.44. The van der Waals surface area contributed by atoms with Crippen molar-refractivity contribution in [2.75, 3.05) is 4.90 Å². The van der Waals surface area contributed by atoms with Gasteiger partial charge in [0.25, 0.3) is 0 Å². The minimum Gasteiger partial charge on any atom is -0.369 e. The van der Waals surface area contributed by atoms with Crippen molar-refractivity contribution in [2.24, 2.45) is 10.9 Å². The van der Waals surface area contributed by atoms with Crippen molar-refractivity contribution < 1.29 is 0 Å². The first-order valence-corrected chi connectivity index (χ1v) is 23.0. The molecule has 1 unspecified atom stereocenters. The van der Waals surface area contributed by atoms with Crippen molar-refractivity contribution in [3.63, 3.8) is 0 Å². The largest absolute Gasteiger partial charge is 0.369 e. The van der Waals surface area contributed by atoms with E-state index in [1.54, 1.807) is 6.08 Å². The van der Waals surface area contributed by atoms with Gasteiger partial charge in [0.1, 0.15) is 5.84 Å². The fourth-order valence-corrected chi connectivity index (χ4v) is 9.83. The highest BCUT2D eigenvalue weighted by Crippen LogP contribution is 2.52. The lowest BCUT2D eigenvalue weighted by molar-refractivity contribution is 0.632. The quantitative estimate of drug-likeness (QED) is 0.0799. The van der Waals surface area contributed by atoms with Gasteiger partial charge in [-0.25, -0.2) is 4.99 Å². The van der Waals surface area contributed by atoms with Gasteiger partial charge in [0.05, 0.1) is 28.1 Å². The van der Waals surface area contributed by atoms with Gasteiger partial charge in [0.2, 0.25) is 0 Å². The molecule has 8 aromatic carbocycles. The number of nitrogens with zero attached hydrogens (tertiary/aromatic N) is 3. The van der Waals surface area contributed by atoms with E-state index in [1.165, 1.54) is 60.7 Å². The van der Waals surface area contributed by atoms with Crippen molar-refractivity contribution in [3.05, 3.63) is 241 Å². The number of fused-ring (bicyclic) bond motifs is 7. The predicted octanol–water partition coefficient (Wildman–Crippen LogP) is 16.5. The third-order valence-electron chi connectivity index (χ3n) is 13.1. The maximum atomic E-state index is 5.35. The van der Waals surface area contributed by atoms with E-state index in [-0.39, 0.29) is 11.3 Å². The molecular formula is C62H54N4. The van der Waals surface area contributed by atoms with Crippen LogP contribution in [0.15, 0.2) is 224 Å². The Morgan fingerprint density at radius 2 is 1.36 bits per heavy atom. The summed E-state index contributed by atoms with van der Waals surface area (Å²) in [6.45, 7) is 13.6. The van der Waals surface area contributed by atoms with E-state index in [0.29, 0.717) is 6.54 Å². The summed E-state index contributed by atoms with van der Waals surface area (Å²) in [5, 5.41) is 8.66. The van der Waals surface area contributed by atoms with E-state index in [4.69, 9.17) is 4.99 Å². The Hall–Kier alpha value is -7.95. The number of benzene rings is 8. The van der Waals surface area contributed by atoms with Crippen LogP contribution in [0.1, 0.15) is 49.9 Å². The first-order valence-electron chi connectivity index (χ1n) is 23.0. The zero-order valence-electron chi connectivity index (χ0n) is 38.1. The second-order valence-electron chi connectivity index (χ2n) is 17.7. The van der Waals surface area contributed by atoms with E-state index in [2.05, 4.69) is 249 Å². The number of allylic oxidation sites excluding steroid dienone is 5. The summed E-state index contributed by atoms with van der Waals surface area (Å²) in [5.74, 6) is 0.803. The molecule has 0 spiro atoms. The van der Waals surface area contributed by atoms with Gasteiger partial charge in [-0.3, -0.25) is 0 Å². The monoisotopic (exact) mass is 854 g/mol. The van der Waals surface area contributed by atoms with Gasteiger partial charge < -0.3 is 14.8 Å². The number of para-hydroxylation sites is 3. The van der Waals surface area contributed by atoms with Gasteiger partial charge in [-0.15, -0.1) is 0 Å². The number of anilines is 3. The van der Waals surface area contributed by atoms with E-state index >= 15 is 0 Å². The average molecular weight is 855 g/mol. The summed E-state index contributed by atoms with van der Waals surface area (Å²) >= 11 is 0. The number of amidine groups is 1. The Morgan fingerprint density at radius 3 is 2.18 bits per heavy atom. The molecule has 1 atom stereocenters. The Balaban J connectivity index is 1.14. The average Bonchev–Trinajstić information content (AvgIpc) is 3.69. The highest BCUT2D eigenvalue weighted by molar-refractivity contribution is 6.22. The molecule has 10 rings (SSSR count). The zero-order valence-corrected chi connectivity index (χ0v) is 38.1. The van der Waals surface area contributed by atoms with Crippen LogP contribution in [0.4, 0.5) is 22.7 Å². The molecule has 0 bridgehead atoms. The van der Waals surface area contributed by atoms with Crippen LogP contribution in [0.5, 0.6) is 0 Å².